The third kappa shape index (κ3) is 6.40. The molecule has 1 fully saturated rings. The van der Waals surface area contributed by atoms with Crippen LogP contribution < -0.4 is 15.4 Å². The lowest BCUT2D eigenvalue weighted by atomic mass is 9.95. The molecular formula is C20H30N2O3. The van der Waals surface area contributed by atoms with Gasteiger partial charge in [0.1, 0.15) is 5.75 Å². The SMILES string of the molecule is CC[C@H](C)c1ccccc1OCC(=O)NCC(=O)NC1CCCCC1. The van der Waals surface area contributed by atoms with Crippen LogP contribution in [-0.4, -0.2) is 31.0 Å². The Labute approximate surface area is 150 Å². The first-order valence-corrected chi connectivity index (χ1v) is 9.38. The summed E-state index contributed by atoms with van der Waals surface area (Å²) in [6.07, 6.45) is 6.67. The van der Waals surface area contributed by atoms with Gasteiger partial charge in [0, 0.05) is 6.04 Å². The summed E-state index contributed by atoms with van der Waals surface area (Å²) in [4.78, 5) is 23.9. The maximum atomic E-state index is 11.9. The highest BCUT2D eigenvalue weighted by atomic mass is 16.5. The third-order valence-corrected chi connectivity index (χ3v) is 4.84. The van der Waals surface area contributed by atoms with Gasteiger partial charge in [-0.15, -0.1) is 0 Å². The average molecular weight is 346 g/mol. The van der Waals surface area contributed by atoms with Crippen LogP contribution >= 0.6 is 0 Å². The molecule has 0 saturated heterocycles. The second-order valence-electron chi connectivity index (χ2n) is 6.81. The van der Waals surface area contributed by atoms with Gasteiger partial charge in [-0.05, 0) is 36.8 Å². The molecule has 1 aliphatic rings. The van der Waals surface area contributed by atoms with Crippen LogP contribution in [0.4, 0.5) is 0 Å². The molecule has 1 aliphatic carbocycles. The monoisotopic (exact) mass is 346 g/mol. The zero-order valence-corrected chi connectivity index (χ0v) is 15.3. The molecule has 0 bridgehead atoms. The molecule has 138 valence electrons. The van der Waals surface area contributed by atoms with Gasteiger partial charge in [-0.25, -0.2) is 0 Å². The molecule has 2 rings (SSSR count). The lowest BCUT2D eigenvalue weighted by Crippen LogP contribution is -2.43. The molecule has 25 heavy (non-hydrogen) atoms. The predicted molar refractivity (Wildman–Crippen MR) is 98.7 cm³/mol. The van der Waals surface area contributed by atoms with Crippen molar-refractivity contribution in [3.05, 3.63) is 29.8 Å². The highest BCUT2D eigenvalue weighted by Crippen LogP contribution is 2.28. The maximum absolute atomic E-state index is 11.9. The van der Waals surface area contributed by atoms with Crippen LogP contribution in [0.1, 0.15) is 63.9 Å². The molecule has 0 spiro atoms. The molecule has 1 saturated carbocycles. The van der Waals surface area contributed by atoms with Crippen molar-refractivity contribution >= 4 is 11.8 Å². The Bertz CT molecular complexity index is 568. The van der Waals surface area contributed by atoms with Gasteiger partial charge in [0.2, 0.25) is 5.91 Å². The van der Waals surface area contributed by atoms with E-state index in [0.717, 1.165) is 30.6 Å². The first-order chi connectivity index (χ1) is 12.1. The van der Waals surface area contributed by atoms with Gasteiger partial charge < -0.3 is 15.4 Å². The van der Waals surface area contributed by atoms with E-state index >= 15 is 0 Å². The van der Waals surface area contributed by atoms with Crippen LogP contribution in [-0.2, 0) is 9.59 Å². The zero-order chi connectivity index (χ0) is 18.1. The Morgan fingerprint density at radius 2 is 1.88 bits per heavy atom. The summed E-state index contributed by atoms with van der Waals surface area (Å²) in [5, 5.41) is 5.61. The van der Waals surface area contributed by atoms with E-state index in [2.05, 4.69) is 24.5 Å². The summed E-state index contributed by atoms with van der Waals surface area (Å²) in [7, 11) is 0. The molecule has 1 atom stereocenters. The molecular weight excluding hydrogens is 316 g/mol. The van der Waals surface area contributed by atoms with Gasteiger partial charge in [-0.2, -0.15) is 0 Å². The maximum Gasteiger partial charge on any atom is 0.258 e. The van der Waals surface area contributed by atoms with Gasteiger partial charge in [0.05, 0.1) is 6.54 Å². The van der Waals surface area contributed by atoms with E-state index in [9.17, 15) is 9.59 Å². The molecule has 0 aliphatic heterocycles. The number of hydrogen-bond donors (Lipinski definition) is 2. The van der Waals surface area contributed by atoms with Crippen molar-refractivity contribution in [2.45, 2.75) is 64.3 Å². The van der Waals surface area contributed by atoms with Crippen molar-refractivity contribution in [2.75, 3.05) is 13.2 Å². The quantitative estimate of drug-likeness (QED) is 0.760. The lowest BCUT2D eigenvalue weighted by Gasteiger charge is -2.22. The molecule has 0 aromatic heterocycles. The smallest absolute Gasteiger partial charge is 0.258 e. The molecule has 1 aromatic carbocycles. The van der Waals surface area contributed by atoms with Gasteiger partial charge in [-0.3, -0.25) is 9.59 Å². The molecule has 5 nitrogen and oxygen atoms in total. The molecule has 0 radical (unpaired) electrons. The number of amides is 2. The van der Waals surface area contributed by atoms with Gasteiger partial charge in [-0.1, -0.05) is 51.3 Å². The van der Waals surface area contributed by atoms with Crippen molar-refractivity contribution in [2.24, 2.45) is 0 Å². The van der Waals surface area contributed by atoms with Crippen LogP contribution in [0.25, 0.3) is 0 Å². The van der Waals surface area contributed by atoms with E-state index in [-0.39, 0.29) is 31.0 Å². The van der Waals surface area contributed by atoms with E-state index in [0.29, 0.717) is 5.92 Å². The first kappa shape index (κ1) is 19.3. The standard InChI is InChI=1S/C20H30N2O3/c1-3-15(2)17-11-7-8-12-18(17)25-14-20(24)21-13-19(23)22-16-9-5-4-6-10-16/h7-8,11-12,15-16H,3-6,9-10,13-14H2,1-2H3,(H,21,24)(H,22,23)/t15-/m0/s1. The summed E-state index contributed by atoms with van der Waals surface area (Å²) < 4.78 is 5.66. The number of carbonyl (C=O) groups excluding carboxylic acids is 2. The number of para-hydroxylation sites is 1. The van der Waals surface area contributed by atoms with Crippen molar-refractivity contribution in [1.82, 2.24) is 10.6 Å². The largest absolute Gasteiger partial charge is 0.483 e. The van der Waals surface area contributed by atoms with Crippen LogP contribution in [0.2, 0.25) is 0 Å². The van der Waals surface area contributed by atoms with Crippen LogP contribution in [0.5, 0.6) is 5.75 Å². The second-order valence-corrected chi connectivity index (χ2v) is 6.81. The van der Waals surface area contributed by atoms with E-state index in [4.69, 9.17) is 4.74 Å². The second kappa shape index (κ2) is 10.1. The lowest BCUT2D eigenvalue weighted by molar-refractivity contribution is -0.127. The van der Waals surface area contributed by atoms with E-state index in [1.54, 1.807) is 0 Å². The summed E-state index contributed by atoms with van der Waals surface area (Å²) >= 11 is 0. The number of ether oxygens (including phenoxy) is 1. The van der Waals surface area contributed by atoms with Crippen molar-refractivity contribution in [3.63, 3.8) is 0 Å². The fourth-order valence-electron chi connectivity index (χ4n) is 3.14. The zero-order valence-electron chi connectivity index (χ0n) is 15.3. The van der Waals surface area contributed by atoms with E-state index in [1.165, 1.54) is 19.3 Å². The summed E-state index contributed by atoms with van der Waals surface area (Å²) in [6, 6.07) is 8.04. The van der Waals surface area contributed by atoms with Crippen LogP contribution in [0.3, 0.4) is 0 Å². The molecule has 0 unspecified atom stereocenters. The fraction of sp³-hybridized carbons (Fsp3) is 0.600. The van der Waals surface area contributed by atoms with Gasteiger partial charge in [0.25, 0.3) is 5.91 Å². The number of benzene rings is 1. The topological polar surface area (TPSA) is 67.4 Å². The van der Waals surface area contributed by atoms with Crippen molar-refractivity contribution in [1.29, 1.82) is 0 Å². The minimum atomic E-state index is -0.280. The van der Waals surface area contributed by atoms with Crippen LogP contribution in [0, 0.1) is 0 Å². The van der Waals surface area contributed by atoms with Gasteiger partial charge >= 0.3 is 0 Å². The minimum absolute atomic E-state index is 0.00566. The van der Waals surface area contributed by atoms with Crippen molar-refractivity contribution in [3.8, 4) is 5.75 Å². The molecule has 0 heterocycles. The molecule has 5 heteroatoms. The Hall–Kier alpha value is -2.04. The fourth-order valence-corrected chi connectivity index (χ4v) is 3.14. The molecule has 2 amide bonds. The average Bonchev–Trinajstić information content (AvgIpc) is 2.65. The number of nitrogens with one attached hydrogen (secondary N) is 2. The Morgan fingerprint density at radius 3 is 2.60 bits per heavy atom. The Morgan fingerprint density at radius 1 is 1.16 bits per heavy atom. The Kier molecular flexibility index (Phi) is 7.76. The number of hydrogen-bond acceptors (Lipinski definition) is 3. The third-order valence-electron chi connectivity index (χ3n) is 4.84. The first-order valence-electron chi connectivity index (χ1n) is 9.38. The molecule has 1 aromatic rings. The minimum Gasteiger partial charge on any atom is -0.483 e. The van der Waals surface area contributed by atoms with E-state index < -0.39 is 0 Å². The van der Waals surface area contributed by atoms with Crippen molar-refractivity contribution < 1.29 is 14.3 Å². The summed E-state index contributed by atoms with van der Waals surface area (Å²) in [5.74, 6) is 0.706. The highest BCUT2D eigenvalue weighted by molar-refractivity contribution is 5.85. The Balaban J connectivity index is 1.73. The van der Waals surface area contributed by atoms with E-state index in [1.807, 2.05) is 24.3 Å². The summed E-state index contributed by atoms with van der Waals surface area (Å²) in [5.41, 5.74) is 1.10. The predicted octanol–water partition coefficient (Wildman–Crippen LogP) is 3.14. The number of carbonyl (C=O) groups is 2. The summed E-state index contributed by atoms with van der Waals surface area (Å²) in [6.45, 7) is 4.19. The van der Waals surface area contributed by atoms with Gasteiger partial charge in [0.15, 0.2) is 6.61 Å². The van der Waals surface area contributed by atoms with Crippen LogP contribution in [0.15, 0.2) is 24.3 Å². The highest BCUT2D eigenvalue weighted by Gasteiger charge is 2.16. The normalized spacial score (nSPS) is 16.1. The number of rotatable bonds is 8. The molecule has 2 N–H and O–H groups in total.